The molecule has 0 radical (unpaired) electrons. The highest BCUT2D eigenvalue weighted by molar-refractivity contribution is 6.31. The van der Waals surface area contributed by atoms with Crippen LogP contribution < -0.4 is 0 Å². The molecule has 1 heterocycles. The number of rotatable bonds is 4. The van der Waals surface area contributed by atoms with Gasteiger partial charge in [0.05, 0.1) is 0 Å². The fraction of sp³-hybridized carbons (Fsp3) is 0.214. The Balaban J connectivity index is 2.05. The Morgan fingerprint density at radius 2 is 1.95 bits per heavy atom. The van der Waals surface area contributed by atoms with Crippen molar-refractivity contribution < 1.29 is 4.39 Å². The van der Waals surface area contributed by atoms with E-state index in [-0.39, 0.29) is 5.82 Å². The van der Waals surface area contributed by atoms with Crippen molar-refractivity contribution in [1.82, 2.24) is 9.88 Å². The van der Waals surface area contributed by atoms with Crippen molar-refractivity contribution in [3.8, 4) is 0 Å². The summed E-state index contributed by atoms with van der Waals surface area (Å²) in [5.74, 6) is -0.284. The first-order chi connectivity index (χ1) is 9.06. The maximum absolute atomic E-state index is 13.7. The summed E-state index contributed by atoms with van der Waals surface area (Å²) in [6.45, 7) is 1.09. The van der Waals surface area contributed by atoms with Crippen LogP contribution >= 0.6 is 23.2 Å². The Hall–Kier alpha value is -1.16. The summed E-state index contributed by atoms with van der Waals surface area (Å²) < 4.78 is 13.7. The van der Waals surface area contributed by atoms with Crippen LogP contribution in [0.1, 0.15) is 11.1 Å². The van der Waals surface area contributed by atoms with E-state index in [9.17, 15) is 4.39 Å². The summed E-state index contributed by atoms with van der Waals surface area (Å²) >= 11 is 11.7. The van der Waals surface area contributed by atoms with Crippen molar-refractivity contribution in [3.63, 3.8) is 0 Å². The molecule has 1 aromatic heterocycles. The Bertz CT molecular complexity index is 538. The number of nitrogens with zero attached hydrogens (tertiary/aromatic N) is 2. The Morgan fingerprint density at radius 3 is 2.58 bits per heavy atom. The van der Waals surface area contributed by atoms with Gasteiger partial charge in [0.15, 0.2) is 0 Å². The molecular formula is C14H13Cl2FN2. The average Bonchev–Trinajstić information content (AvgIpc) is 2.37. The maximum atomic E-state index is 13.7. The van der Waals surface area contributed by atoms with Crippen LogP contribution in [0.25, 0.3) is 0 Å². The predicted molar refractivity (Wildman–Crippen MR) is 75.8 cm³/mol. The summed E-state index contributed by atoms with van der Waals surface area (Å²) in [4.78, 5) is 5.98. The molecule has 0 saturated carbocycles. The summed E-state index contributed by atoms with van der Waals surface area (Å²) in [6, 6.07) is 8.34. The summed E-state index contributed by atoms with van der Waals surface area (Å²) in [7, 11) is 1.90. The van der Waals surface area contributed by atoms with E-state index in [1.54, 1.807) is 24.4 Å². The van der Waals surface area contributed by atoms with E-state index in [1.165, 1.54) is 6.07 Å². The average molecular weight is 299 g/mol. The first kappa shape index (κ1) is 14.3. The minimum atomic E-state index is -0.284. The van der Waals surface area contributed by atoms with Gasteiger partial charge in [0.25, 0.3) is 0 Å². The molecule has 0 fully saturated rings. The highest BCUT2D eigenvalue weighted by Gasteiger charge is 2.10. The van der Waals surface area contributed by atoms with Gasteiger partial charge in [-0.2, -0.15) is 0 Å². The number of hydrogen-bond donors (Lipinski definition) is 0. The molecule has 100 valence electrons. The standard InChI is InChI=1S/C14H13Cl2FN2/c1-19(8-10-5-6-14(16)18-7-10)9-11-12(15)3-2-4-13(11)17/h2-7H,8-9H2,1H3. The van der Waals surface area contributed by atoms with Crippen LogP contribution in [0.5, 0.6) is 0 Å². The molecule has 0 aliphatic rings. The van der Waals surface area contributed by atoms with Gasteiger partial charge >= 0.3 is 0 Å². The van der Waals surface area contributed by atoms with Crippen LogP contribution in [0, 0.1) is 5.82 Å². The smallest absolute Gasteiger partial charge is 0.129 e. The predicted octanol–water partition coefficient (Wildman–Crippen LogP) is 4.16. The van der Waals surface area contributed by atoms with Crippen molar-refractivity contribution in [1.29, 1.82) is 0 Å². The van der Waals surface area contributed by atoms with Gasteiger partial charge in [-0.1, -0.05) is 35.3 Å². The second-order valence-electron chi connectivity index (χ2n) is 4.36. The van der Waals surface area contributed by atoms with Crippen LogP contribution in [0.2, 0.25) is 10.2 Å². The Kier molecular flexibility index (Phi) is 4.75. The molecule has 2 aromatic rings. The zero-order valence-electron chi connectivity index (χ0n) is 10.4. The molecule has 5 heteroatoms. The molecule has 0 N–H and O–H groups in total. The molecule has 0 saturated heterocycles. The molecule has 2 nitrogen and oxygen atoms in total. The third-order valence-corrected chi connectivity index (χ3v) is 3.31. The summed E-state index contributed by atoms with van der Waals surface area (Å²) in [6.07, 6.45) is 1.71. The molecule has 0 aliphatic carbocycles. The Morgan fingerprint density at radius 1 is 1.16 bits per heavy atom. The molecule has 0 aliphatic heterocycles. The fourth-order valence-electron chi connectivity index (χ4n) is 1.82. The number of aromatic nitrogens is 1. The first-order valence-corrected chi connectivity index (χ1v) is 6.53. The quantitative estimate of drug-likeness (QED) is 0.788. The van der Waals surface area contributed by atoms with Gasteiger partial charge in [-0.15, -0.1) is 0 Å². The highest BCUT2D eigenvalue weighted by Crippen LogP contribution is 2.21. The zero-order chi connectivity index (χ0) is 13.8. The van der Waals surface area contributed by atoms with E-state index < -0.39 is 0 Å². The lowest BCUT2D eigenvalue weighted by atomic mass is 10.2. The molecule has 0 amide bonds. The number of pyridine rings is 1. The monoisotopic (exact) mass is 298 g/mol. The molecule has 0 spiro atoms. The Labute approximate surface area is 121 Å². The van der Waals surface area contributed by atoms with Gasteiger partial charge < -0.3 is 0 Å². The highest BCUT2D eigenvalue weighted by atomic mass is 35.5. The van der Waals surface area contributed by atoms with Crippen LogP contribution in [0.15, 0.2) is 36.5 Å². The molecule has 2 rings (SSSR count). The van der Waals surface area contributed by atoms with Crippen LogP contribution in [-0.2, 0) is 13.1 Å². The SMILES string of the molecule is CN(Cc1ccc(Cl)nc1)Cc1c(F)cccc1Cl. The second-order valence-corrected chi connectivity index (χ2v) is 5.16. The lowest BCUT2D eigenvalue weighted by Crippen LogP contribution is -2.18. The van der Waals surface area contributed by atoms with Crippen molar-refractivity contribution in [3.05, 3.63) is 63.6 Å². The van der Waals surface area contributed by atoms with E-state index in [1.807, 2.05) is 18.0 Å². The number of halogens is 3. The molecule has 19 heavy (non-hydrogen) atoms. The summed E-state index contributed by atoms with van der Waals surface area (Å²) in [5, 5.41) is 0.907. The minimum absolute atomic E-state index is 0.284. The van der Waals surface area contributed by atoms with Crippen LogP contribution in [0.4, 0.5) is 4.39 Å². The van der Waals surface area contributed by atoms with E-state index >= 15 is 0 Å². The van der Waals surface area contributed by atoms with Crippen molar-refractivity contribution >= 4 is 23.2 Å². The maximum Gasteiger partial charge on any atom is 0.129 e. The van der Waals surface area contributed by atoms with E-state index in [0.717, 1.165) is 5.56 Å². The van der Waals surface area contributed by atoms with Gasteiger partial charge in [-0.25, -0.2) is 9.37 Å². The first-order valence-electron chi connectivity index (χ1n) is 5.78. The third-order valence-electron chi connectivity index (χ3n) is 2.73. The summed E-state index contributed by atoms with van der Waals surface area (Å²) in [5.41, 5.74) is 1.52. The van der Waals surface area contributed by atoms with Gasteiger partial charge in [0.2, 0.25) is 0 Å². The van der Waals surface area contributed by atoms with Crippen molar-refractivity contribution in [2.45, 2.75) is 13.1 Å². The fourth-order valence-corrected chi connectivity index (χ4v) is 2.16. The van der Waals surface area contributed by atoms with Crippen LogP contribution in [0.3, 0.4) is 0 Å². The largest absolute Gasteiger partial charge is 0.298 e. The molecule has 1 aromatic carbocycles. The van der Waals surface area contributed by atoms with E-state index in [0.29, 0.717) is 28.8 Å². The molecule has 0 bridgehead atoms. The van der Waals surface area contributed by atoms with E-state index in [4.69, 9.17) is 23.2 Å². The van der Waals surface area contributed by atoms with Crippen molar-refractivity contribution in [2.24, 2.45) is 0 Å². The van der Waals surface area contributed by atoms with Gasteiger partial charge in [0, 0.05) is 29.9 Å². The molecular weight excluding hydrogens is 286 g/mol. The molecule has 0 unspecified atom stereocenters. The minimum Gasteiger partial charge on any atom is -0.298 e. The van der Waals surface area contributed by atoms with Gasteiger partial charge in [0.1, 0.15) is 11.0 Å². The normalized spacial score (nSPS) is 11.0. The van der Waals surface area contributed by atoms with Gasteiger partial charge in [-0.05, 0) is 30.8 Å². The van der Waals surface area contributed by atoms with Crippen LogP contribution in [-0.4, -0.2) is 16.9 Å². The third kappa shape index (κ3) is 3.90. The lowest BCUT2D eigenvalue weighted by molar-refractivity contribution is 0.313. The lowest BCUT2D eigenvalue weighted by Gasteiger charge is -2.17. The number of benzene rings is 1. The second kappa shape index (κ2) is 6.33. The van der Waals surface area contributed by atoms with Crippen molar-refractivity contribution in [2.75, 3.05) is 7.05 Å². The number of hydrogen-bond acceptors (Lipinski definition) is 2. The zero-order valence-corrected chi connectivity index (χ0v) is 11.9. The van der Waals surface area contributed by atoms with E-state index in [2.05, 4.69) is 4.98 Å². The topological polar surface area (TPSA) is 16.1 Å². The molecule has 0 atom stereocenters. The van der Waals surface area contributed by atoms with Gasteiger partial charge in [-0.3, -0.25) is 4.90 Å².